The van der Waals surface area contributed by atoms with Gasteiger partial charge in [0, 0.05) is 36.5 Å². The van der Waals surface area contributed by atoms with E-state index in [0.717, 1.165) is 44.1 Å². The molecule has 0 aliphatic carbocycles. The van der Waals surface area contributed by atoms with Crippen LogP contribution in [0.15, 0.2) is 122 Å². The van der Waals surface area contributed by atoms with Gasteiger partial charge in [-0.2, -0.15) is 0 Å². The number of nitrogens with one attached hydrogen (secondary N) is 2. The maximum Gasteiger partial charge on any atom is 0.321 e. The average Bonchev–Trinajstić information content (AvgIpc) is 3.72. The Morgan fingerprint density at radius 1 is 0.545 bits per heavy atom. The molecule has 1 saturated heterocycles. The van der Waals surface area contributed by atoms with Crippen LogP contribution in [0.2, 0.25) is 0 Å². The van der Waals surface area contributed by atoms with Crippen molar-refractivity contribution in [2.45, 2.75) is 50.2 Å². The lowest BCUT2D eigenvalue weighted by Crippen LogP contribution is -2.50. The summed E-state index contributed by atoms with van der Waals surface area (Å²) < 4.78 is 0. The Morgan fingerprint density at radius 2 is 0.977 bits per heavy atom. The lowest BCUT2D eigenvalue weighted by Gasteiger charge is -2.36. The van der Waals surface area contributed by atoms with Crippen LogP contribution in [-0.4, -0.2) is 60.3 Å². The van der Waals surface area contributed by atoms with Crippen LogP contribution in [0.25, 0.3) is 21.8 Å². The molecule has 222 valence electrons. The Hall–Kier alpha value is -4.85. The zero-order chi connectivity index (χ0) is 30.0. The van der Waals surface area contributed by atoms with Gasteiger partial charge < -0.3 is 30.0 Å². The van der Waals surface area contributed by atoms with Gasteiger partial charge >= 0.3 is 6.03 Å². The molecule has 4 N–H and O–H groups in total. The van der Waals surface area contributed by atoms with Crippen LogP contribution in [0.1, 0.15) is 22.3 Å². The minimum atomic E-state index is -1.17. The Morgan fingerprint density at radius 3 is 1.41 bits per heavy atom. The van der Waals surface area contributed by atoms with Gasteiger partial charge in [-0.25, -0.2) is 4.79 Å². The second-order valence-electron chi connectivity index (χ2n) is 11.8. The number of aliphatic hydroxyl groups excluding tert-OH is 2. The van der Waals surface area contributed by atoms with E-state index in [1.807, 2.05) is 109 Å². The van der Waals surface area contributed by atoms with Gasteiger partial charge in [-0.1, -0.05) is 72.8 Å². The van der Waals surface area contributed by atoms with Crippen LogP contribution in [0.3, 0.4) is 0 Å². The maximum atomic E-state index is 14.9. The average molecular weight is 585 g/mol. The standard InChI is InChI=1S/C37H36N4O3/c42-35-33(21-25-7-3-1-4-8-25)40(23-27-11-13-31-29(19-27)15-17-38-31)37(44)41(24-28-12-14-32-30(20-28)16-18-39-32)34(36(35)43)22-26-9-5-2-6-10-26/h1-20,33-36,38-39,42-43H,21-24H2/t33-,34-,35+,36+/m1/s1. The predicted octanol–water partition coefficient (Wildman–Crippen LogP) is 6.03. The van der Waals surface area contributed by atoms with E-state index in [2.05, 4.69) is 22.1 Å². The van der Waals surface area contributed by atoms with E-state index in [1.54, 1.807) is 9.80 Å². The molecule has 44 heavy (non-hydrogen) atoms. The van der Waals surface area contributed by atoms with Crippen molar-refractivity contribution in [3.63, 3.8) is 0 Å². The molecule has 4 atom stereocenters. The molecule has 0 saturated carbocycles. The van der Waals surface area contributed by atoms with Crippen LogP contribution < -0.4 is 0 Å². The van der Waals surface area contributed by atoms with Crippen molar-refractivity contribution in [3.05, 3.63) is 144 Å². The summed E-state index contributed by atoms with van der Waals surface area (Å²) in [4.78, 5) is 24.9. The molecule has 7 heteroatoms. The Balaban J connectivity index is 1.31. The van der Waals surface area contributed by atoms with E-state index < -0.39 is 24.3 Å². The van der Waals surface area contributed by atoms with Gasteiger partial charge in [-0.05, 0) is 82.3 Å². The van der Waals surface area contributed by atoms with E-state index in [4.69, 9.17) is 0 Å². The number of amides is 2. The number of urea groups is 1. The molecule has 7 rings (SSSR count). The quantitative estimate of drug-likeness (QED) is 0.176. The Labute approximate surface area is 256 Å². The summed E-state index contributed by atoms with van der Waals surface area (Å²) in [5.74, 6) is 0. The predicted molar refractivity (Wildman–Crippen MR) is 173 cm³/mol. The second-order valence-corrected chi connectivity index (χ2v) is 11.8. The van der Waals surface area contributed by atoms with E-state index in [1.165, 1.54) is 0 Å². The third-order valence-corrected chi connectivity index (χ3v) is 8.95. The summed E-state index contributed by atoms with van der Waals surface area (Å²) in [6, 6.07) is 34.6. The fraction of sp³-hybridized carbons (Fsp3) is 0.216. The van der Waals surface area contributed by atoms with Crippen molar-refractivity contribution >= 4 is 27.8 Å². The summed E-state index contributed by atoms with van der Waals surface area (Å²) in [5, 5.41) is 26.0. The normalized spacial score (nSPS) is 20.8. The Kier molecular flexibility index (Phi) is 7.64. The molecule has 1 aliphatic rings. The number of fused-ring (bicyclic) bond motifs is 2. The maximum absolute atomic E-state index is 14.9. The zero-order valence-electron chi connectivity index (χ0n) is 24.4. The summed E-state index contributed by atoms with van der Waals surface area (Å²) in [6.07, 6.45) is 2.31. The van der Waals surface area contributed by atoms with Crippen molar-refractivity contribution in [1.82, 2.24) is 19.8 Å². The molecule has 2 amide bonds. The van der Waals surface area contributed by atoms with Gasteiger partial charge in [0.2, 0.25) is 0 Å². The molecule has 6 aromatic rings. The van der Waals surface area contributed by atoms with Crippen LogP contribution in [0.5, 0.6) is 0 Å². The van der Waals surface area contributed by atoms with Crippen LogP contribution in [-0.2, 0) is 25.9 Å². The molecule has 3 heterocycles. The molecule has 4 aromatic carbocycles. The number of H-pyrrole nitrogens is 2. The topological polar surface area (TPSA) is 95.6 Å². The van der Waals surface area contributed by atoms with E-state index >= 15 is 0 Å². The second kappa shape index (κ2) is 12.0. The van der Waals surface area contributed by atoms with Crippen LogP contribution in [0, 0.1) is 0 Å². The minimum absolute atomic E-state index is 0.203. The first-order valence-electron chi connectivity index (χ1n) is 15.2. The highest BCUT2D eigenvalue weighted by molar-refractivity contribution is 5.81. The number of hydrogen-bond acceptors (Lipinski definition) is 3. The zero-order valence-corrected chi connectivity index (χ0v) is 24.4. The van der Waals surface area contributed by atoms with Gasteiger partial charge in [0.15, 0.2) is 0 Å². The van der Waals surface area contributed by atoms with Crippen molar-refractivity contribution in [1.29, 1.82) is 0 Å². The van der Waals surface area contributed by atoms with Crippen molar-refractivity contribution in [2.24, 2.45) is 0 Å². The minimum Gasteiger partial charge on any atom is -0.388 e. The first-order valence-corrected chi connectivity index (χ1v) is 15.2. The number of aromatic amines is 2. The number of hydrogen-bond donors (Lipinski definition) is 4. The number of carbonyl (C=O) groups excluding carboxylic acids is 1. The summed E-state index contributed by atoms with van der Waals surface area (Å²) >= 11 is 0. The molecular weight excluding hydrogens is 548 g/mol. The smallest absolute Gasteiger partial charge is 0.321 e. The fourth-order valence-corrected chi connectivity index (χ4v) is 6.61. The van der Waals surface area contributed by atoms with Gasteiger partial charge in [0.25, 0.3) is 0 Å². The van der Waals surface area contributed by atoms with Crippen molar-refractivity contribution in [2.75, 3.05) is 0 Å². The third kappa shape index (κ3) is 5.60. The molecule has 0 spiro atoms. The van der Waals surface area contributed by atoms with E-state index in [0.29, 0.717) is 25.9 Å². The first-order chi connectivity index (χ1) is 21.5. The van der Waals surface area contributed by atoms with Gasteiger partial charge in [-0.3, -0.25) is 0 Å². The highest BCUT2D eigenvalue weighted by Gasteiger charge is 2.46. The summed E-state index contributed by atoms with van der Waals surface area (Å²) in [6.45, 7) is 0.597. The molecule has 2 aromatic heterocycles. The lowest BCUT2D eigenvalue weighted by molar-refractivity contribution is -0.0408. The largest absolute Gasteiger partial charge is 0.388 e. The number of benzene rings is 4. The molecule has 1 fully saturated rings. The van der Waals surface area contributed by atoms with Crippen molar-refractivity contribution < 1.29 is 15.0 Å². The van der Waals surface area contributed by atoms with Crippen LogP contribution >= 0.6 is 0 Å². The first kappa shape index (κ1) is 28.0. The summed E-state index contributed by atoms with van der Waals surface area (Å²) in [5.41, 5.74) is 5.96. The van der Waals surface area contributed by atoms with E-state index in [-0.39, 0.29) is 6.03 Å². The number of nitrogens with zero attached hydrogens (tertiary/aromatic N) is 2. The fourth-order valence-electron chi connectivity index (χ4n) is 6.61. The summed E-state index contributed by atoms with van der Waals surface area (Å²) in [7, 11) is 0. The number of aromatic nitrogens is 2. The van der Waals surface area contributed by atoms with Crippen LogP contribution in [0.4, 0.5) is 4.79 Å². The SMILES string of the molecule is O=C1N(Cc2ccc3[nH]ccc3c2)[C@H](Cc2ccccc2)[C@H](O)[C@@H](O)[C@@H](Cc2ccccc2)N1Cc1ccc2[nH]ccc2c1. The van der Waals surface area contributed by atoms with Crippen molar-refractivity contribution in [3.8, 4) is 0 Å². The molecule has 0 radical (unpaired) electrons. The van der Waals surface area contributed by atoms with Gasteiger partial charge in [0.05, 0.1) is 12.1 Å². The highest BCUT2D eigenvalue weighted by Crippen LogP contribution is 2.31. The molecule has 0 unspecified atom stereocenters. The number of rotatable bonds is 8. The molecule has 0 bridgehead atoms. The third-order valence-electron chi connectivity index (χ3n) is 8.95. The van der Waals surface area contributed by atoms with E-state index in [9.17, 15) is 15.0 Å². The molecule has 7 nitrogen and oxygen atoms in total. The highest BCUT2D eigenvalue weighted by atomic mass is 16.3. The van der Waals surface area contributed by atoms with Gasteiger partial charge in [0.1, 0.15) is 12.2 Å². The Bertz CT molecular complexity index is 1730. The monoisotopic (exact) mass is 584 g/mol. The number of carbonyl (C=O) groups is 1. The molecular formula is C37H36N4O3. The van der Waals surface area contributed by atoms with Gasteiger partial charge in [-0.15, -0.1) is 0 Å². The lowest BCUT2D eigenvalue weighted by atomic mass is 9.91. The number of aliphatic hydroxyl groups is 2. The molecule has 1 aliphatic heterocycles.